The van der Waals surface area contributed by atoms with E-state index in [0.717, 1.165) is 0 Å². The number of benzene rings is 10. The lowest BCUT2D eigenvalue weighted by atomic mass is 9.85. The van der Waals surface area contributed by atoms with Crippen LogP contribution in [0.2, 0.25) is 0 Å². The Bertz CT molecular complexity index is 3430. The Labute approximate surface area is 319 Å². The van der Waals surface area contributed by atoms with Crippen LogP contribution in [0.1, 0.15) is 0 Å². The van der Waals surface area contributed by atoms with E-state index in [1.54, 1.807) is 0 Å². The summed E-state index contributed by atoms with van der Waals surface area (Å²) in [6.07, 6.45) is 0. The molecule has 0 nitrogen and oxygen atoms in total. The molecule has 12 aromatic rings. The molecule has 0 saturated heterocycles. The molecule has 0 unspecified atom stereocenters. The molecule has 0 saturated carbocycles. The van der Waals surface area contributed by atoms with E-state index in [-0.39, 0.29) is 0 Å². The van der Waals surface area contributed by atoms with Crippen LogP contribution >= 0.6 is 22.7 Å². The van der Waals surface area contributed by atoms with Crippen molar-refractivity contribution in [2.45, 2.75) is 0 Å². The van der Waals surface area contributed by atoms with E-state index in [1.165, 1.54) is 117 Å². The summed E-state index contributed by atoms with van der Waals surface area (Å²) in [6.45, 7) is 0. The highest BCUT2D eigenvalue weighted by Crippen LogP contribution is 2.49. The fourth-order valence-electron chi connectivity index (χ4n) is 9.04. The van der Waals surface area contributed by atoms with Gasteiger partial charge >= 0.3 is 0 Å². The van der Waals surface area contributed by atoms with Gasteiger partial charge in [0, 0.05) is 30.9 Å². The standard InChI is InChI=1S/C52H30S2/c1-2-12-31(13-3-1)48-39-17-6-8-19-41(39)49(42-20-9-7-18-40(42)48)35-25-23-32-28-34(24-22-33(32)29-35)45-30-47-50(38-16-5-4-14-36(38)45)44-27-26-43-37-15-10-11-21-46(37)53-51(43)52(44)54-47/h1-30H. The zero-order valence-electron chi connectivity index (χ0n) is 29.1. The van der Waals surface area contributed by atoms with E-state index in [0.29, 0.717) is 0 Å². The van der Waals surface area contributed by atoms with Gasteiger partial charge in [0.2, 0.25) is 0 Å². The van der Waals surface area contributed by atoms with Gasteiger partial charge in [-0.25, -0.2) is 0 Å². The quantitative estimate of drug-likeness (QED) is 0.160. The van der Waals surface area contributed by atoms with E-state index in [9.17, 15) is 0 Å². The minimum Gasteiger partial charge on any atom is -0.134 e. The van der Waals surface area contributed by atoms with E-state index < -0.39 is 0 Å². The molecule has 2 aromatic heterocycles. The lowest BCUT2D eigenvalue weighted by Crippen LogP contribution is -1.91. The zero-order valence-corrected chi connectivity index (χ0v) is 30.8. The molecular formula is C52H30S2. The average Bonchev–Trinajstić information content (AvgIpc) is 3.81. The molecule has 2 heteroatoms. The van der Waals surface area contributed by atoms with Crippen LogP contribution in [-0.4, -0.2) is 0 Å². The number of rotatable bonds is 3. The predicted molar refractivity (Wildman–Crippen MR) is 239 cm³/mol. The van der Waals surface area contributed by atoms with E-state index in [2.05, 4.69) is 182 Å². The highest BCUT2D eigenvalue weighted by atomic mass is 32.1. The highest BCUT2D eigenvalue weighted by molar-refractivity contribution is 7.33. The maximum atomic E-state index is 2.45. The third kappa shape index (κ3) is 4.36. The Morgan fingerprint density at radius 3 is 1.48 bits per heavy atom. The van der Waals surface area contributed by atoms with Crippen molar-refractivity contribution in [2.24, 2.45) is 0 Å². The van der Waals surface area contributed by atoms with Crippen molar-refractivity contribution in [3.05, 3.63) is 182 Å². The normalized spacial score (nSPS) is 12.1. The van der Waals surface area contributed by atoms with Crippen molar-refractivity contribution < 1.29 is 0 Å². The molecule has 0 fully saturated rings. The molecule has 0 N–H and O–H groups in total. The van der Waals surface area contributed by atoms with Gasteiger partial charge in [0.25, 0.3) is 0 Å². The molecule has 54 heavy (non-hydrogen) atoms. The Morgan fingerprint density at radius 1 is 0.278 bits per heavy atom. The summed E-state index contributed by atoms with van der Waals surface area (Å²) in [5.41, 5.74) is 7.62. The summed E-state index contributed by atoms with van der Waals surface area (Å²) in [7, 11) is 0. The SMILES string of the molecule is c1ccc(-c2c3ccccc3c(-c3ccc4cc(-c5cc6sc7c(ccc8c9ccccc9sc87)c6c6ccccc56)ccc4c3)c3ccccc23)cc1. The van der Waals surface area contributed by atoms with Crippen molar-refractivity contribution in [3.8, 4) is 33.4 Å². The first-order chi connectivity index (χ1) is 26.8. The fraction of sp³-hybridized carbons (Fsp3) is 0. The first kappa shape index (κ1) is 30.2. The molecule has 0 aliphatic carbocycles. The average molecular weight is 719 g/mol. The molecule has 0 radical (unpaired) electrons. The first-order valence-electron chi connectivity index (χ1n) is 18.5. The molecule has 250 valence electrons. The third-order valence-electron chi connectivity index (χ3n) is 11.4. The second kappa shape index (κ2) is 11.6. The minimum absolute atomic E-state index is 1.24. The molecular weight excluding hydrogens is 689 g/mol. The summed E-state index contributed by atoms with van der Waals surface area (Å²) >= 11 is 3.87. The second-order valence-electron chi connectivity index (χ2n) is 14.3. The molecule has 0 aliphatic rings. The van der Waals surface area contributed by atoms with E-state index >= 15 is 0 Å². The summed E-state index contributed by atoms with van der Waals surface area (Å²) in [5, 5.41) is 15.7. The predicted octanol–water partition coefficient (Wildman–Crippen LogP) is 16.0. The first-order valence-corrected chi connectivity index (χ1v) is 20.1. The molecule has 0 atom stereocenters. The van der Waals surface area contributed by atoms with Crippen LogP contribution in [0.15, 0.2) is 182 Å². The van der Waals surface area contributed by atoms with Gasteiger partial charge in [-0.2, -0.15) is 0 Å². The van der Waals surface area contributed by atoms with Crippen LogP contribution in [0.3, 0.4) is 0 Å². The minimum atomic E-state index is 1.24. The van der Waals surface area contributed by atoms with Gasteiger partial charge in [-0.1, -0.05) is 158 Å². The van der Waals surface area contributed by atoms with Crippen LogP contribution < -0.4 is 0 Å². The summed E-state index contributed by atoms with van der Waals surface area (Å²) in [6, 6.07) is 67.7. The molecule has 0 spiro atoms. The van der Waals surface area contributed by atoms with Crippen molar-refractivity contribution in [1.29, 1.82) is 0 Å². The Morgan fingerprint density at radius 2 is 0.778 bits per heavy atom. The van der Waals surface area contributed by atoms with Gasteiger partial charge in [-0.3, -0.25) is 0 Å². The van der Waals surface area contributed by atoms with Gasteiger partial charge in [0.1, 0.15) is 0 Å². The fourth-order valence-corrected chi connectivity index (χ4v) is 11.6. The molecule has 12 rings (SSSR count). The summed E-state index contributed by atoms with van der Waals surface area (Å²) in [5.74, 6) is 0. The van der Waals surface area contributed by atoms with E-state index in [4.69, 9.17) is 0 Å². The van der Waals surface area contributed by atoms with Gasteiger partial charge in [0.05, 0.1) is 9.40 Å². The molecule has 10 aromatic carbocycles. The Hall–Kier alpha value is -6.32. The van der Waals surface area contributed by atoms with Crippen LogP contribution in [0.4, 0.5) is 0 Å². The summed E-state index contributed by atoms with van der Waals surface area (Å²) in [4.78, 5) is 0. The number of hydrogen-bond acceptors (Lipinski definition) is 2. The molecule has 0 bridgehead atoms. The van der Waals surface area contributed by atoms with Crippen molar-refractivity contribution in [2.75, 3.05) is 0 Å². The maximum Gasteiger partial charge on any atom is 0.0534 e. The number of thiophene rings is 2. The maximum absolute atomic E-state index is 2.45. The van der Waals surface area contributed by atoms with Gasteiger partial charge in [0.15, 0.2) is 0 Å². The summed E-state index contributed by atoms with van der Waals surface area (Å²) < 4.78 is 5.50. The van der Waals surface area contributed by atoms with Crippen molar-refractivity contribution in [1.82, 2.24) is 0 Å². The molecule has 0 amide bonds. The second-order valence-corrected chi connectivity index (χ2v) is 16.5. The van der Waals surface area contributed by atoms with Crippen molar-refractivity contribution >= 4 is 106 Å². The van der Waals surface area contributed by atoms with Gasteiger partial charge in [-0.15, -0.1) is 22.7 Å². The number of hydrogen-bond donors (Lipinski definition) is 0. The zero-order chi connectivity index (χ0) is 35.3. The largest absolute Gasteiger partial charge is 0.134 e. The lowest BCUT2D eigenvalue weighted by Gasteiger charge is -2.18. The topological polar surface area (TPSA) is 0 Å². The van der Waals surface area contributed by atoms with Gasteiger partial charge < -0.3 is 0 Å². The van der Waals surface area contributed by atoms with Crippen LogP contribution in [0, 0.1) is 0 Å². The van der Waals surface area contributed by atoms with Crippen molar-refractivity contribution in [3.63, 3.8) is 0 Å². The monoisotopic (exact) mass is 718 g/mol. The van der Waals surface area contributed by atoms with Crippen LogP contribution in [0.25, 0.3) is 117 Å². The highest BCUT2D eigenvalue weighted by Gasteiger charge is 2.19. The van der Waals surface area contributed by atoms with E-state index in [1.807, 2.05) is 22.7 Å². The Kier molecular flexibility index (Phi) is 6.48. The van der Waals surface area contributed by atoms with Crippen LogP contribution in [0.5, 0.6) is 0 Å². The third-order valence-corrected chi connectivity index (χ3v) is 13.9. The molecule has 2 heterocycles. The molecule has 0 aliphatic heterocycles. The Balaban J connectivity index is 1.04. The number of fused-ring (bicyclic) bond motifs is 12. The van der Waals surface area contributed by atoms with Gasteiger partial charge in [-0.05, 0) is 101 Å². The smallest absolute Gasteiger partial charge is 0.0534 e. The lowest BCUT2D eigenvalue weighted by molar-refractivity contribution is 1.66. The van der Waals surface area contributed by atoms with Crippen LogP contribution in [-0.2, 0) is 0 Å².